The molecule has 0 atom stereocenters. The van der Waals surface area contributed by atoms with Gasteiger partial charge < -0.3 is 11.1 Å². The van der Waals surface area contributed by atoms with Gasteiger partial charge in [-0.3, -0.25) is 10.1 Å². The molecule has 0 unspecified atom stereocenters. The minimum absolute atomic E-state index is 0.280. The maximum Gasteiger partial charge on any atom is 0.321 e. The van der Waals surface area contributed by atoms with Gasteiger partial charge in [0.15, 0.2) is 0 Å². The Kier molecular flexibility index (Phi) is 4.34. The molecule has 0 fully saturated rings. The van der Waals surface area contributed by atoms with Gasteiger partial charge in [0.2, 0.25) is 0 Å². The molecule has 0 aromatic heterocycles. The fourth-order valence-corrected chi connectivity index (χ4v) is 1.70. The lowest BCUT2D eigenvalue weighted by atomic mass is 10.2. The molecule has 5 nitrogen and oxygen atoms in total. The number of rotatable bonds is 3. The quantitative estimate of drug-likeness (QED) is 0.744. The topological polar surface area (TPSA) is 84.2 Å². The van der Waals surface area contributed by atoms with Crippen LogP contribution in [0, 0.1) is 0 Å². The molecule has 0 heterocycles. The van der Waals surface area contributed by atoms with Crippen molar-refractivity contribution in [1.82, 2.24) is 10.6 Å². The molecule has 0 saturated heterocycles. The van der Waals surface area contributed by atoms with Crippen LogP contribution in [0.15, 0.2) is 54.6 Å². The first-order valence-electron chi connectivity index (χ1n) is 6.14. The van der Waals surface area contributed by atoms with E-state index in [2.05, 4.69) is 10.6 Å². The Balaban J connectivity index is 1.89. The normalized spacial score (nSPS) is 9.80. The number of carbonyl (C=O) groups excluding carboxylic acids is 2. The number of benzene rings is 2. The predicted molar refractivity (Wildman–Crippen MR) is 77.0 cm³/mol. The van der Waals surface area contributed by atoms with E-state index >= 15 is 0 Å². The number of carbonyl (C=O) groups is 2. The first kappa shape index (κ1) is 13.6. The van der Waals surface area contributed by atoms with E-state index in [0.29, 0.717) is 12.2 Å². The van der Waals surface area contributed by atoms with E-state index in [4.69, 9.17) is 5.73 Å². The zero-order valence-corrected chi connectivity index (χ0v) is 10.8. The molecule has 0 bridgehead atoms. The molecule has 0 spiro atoms. The summed E-state index contributed by atoms with van der Waals surface area (Å²) >= 11 is 0. The predicted octanol–water partition coefficient (Wildman–Crippen LogP) is 1.91. The standard InChI is InChI=1S/C15H15N3O2/c16-13-9-5-4-8-12(13)14(19)18-15(20)17-10-11-6-2-1-3-7-11/h1-9H,10,16H2,(H2,17,18,19,20). The van der Waals surface area contributed by atoms with Crippen molar-refractivity contribution in [3.05, 3.63) is 65.7 Å². The number of anilines is 1. The van der Waals surface area contributed by atoms with Gasteiger partial charge in [-0.15, -0.1) is 0 Å². The summed E-state index contributed by atoms with van der Waals surface area (Å²) in [5.74, 6) is -0.520. The largest absolute Gasteiger partial charge is 0.398 e. The van der Waals surface area contributed by atoms with E-state index in [1.165, 1.54) is 0 Å². The van der Waals surface area contributed by atoms with Crippen molar-refractivity contribution in [2.75, 3.05) is 5.73 Å². The van der Waals surface area contributed by atoms with E-state index in [1.54, 1.807) is 24.3 Å². The average molecular weight is 269 g/mol. The van der Waals surface area contributed by atoms with Crippen LogP contribution in [-0.4, -0.2) is 11.9 Å². The molecule has 2 aromatic carbocycles. The van der Waals surface area contributed by atoms with Crippen molar-refractivity contribution in [3.63, 3.8) is 0 Å². The highest BCUT2D eigenvalue weighted by Crippen LogP contribution is 2.09. The minimum atomic E-state index is -0.554. The van der Waals surface area contributed by atoms with Crippen molar-refractivity contribution in [1.29, 1.82) is 0 Å². The van der Waals surface area contributed by atoms with Gasteiger partial charge in [0.1, 0.15) is 0 Å². The first-order valence-corrected chi connectivity index (χ1v) is 6.14. The second-order valence-corrected chi connectivity index (χ2v) is 4.21. The zero-order valence-electron chi connectivity index (χ0n) is 10.8. The van der Waals surface area contributed by atoms with E-state index in [1.807, 2.05) is 30.3 Å². The zero-order chi connectivity index (χ0) is 14.4. The molecule has 0 radical (unpaired) electrons. The van der Waals surface area contributed by atoms with Crippen LogP contribution in [0.4, 0.5) is 10.5 Å². The number of nitrogen functional groups attached to an aromatic ring is 1. The minimum Gasteiger partial charge on any atom is -0.398 e. The van der Waals surface area contributed by atoms with Gasteiger partial charge in [-0.25, -0.2) is 4.79 Å². The molecular formula is C15H15N3O2. The van der Waals surface area contributed by atoms with E-state index in [0.717, 1.165) is 5.56 Å². The second-order valence-electron chi connectivity index (χ2n) is 4.21. The number of hydrogen-bond acceptors (Lipinski definition) is 3. The maximum atomic E-state index is 11.8. The SMILES string of the molecule is Nc1ccccc1C(=O)NC(=O)NCc1ccccc1. The van der Waals surface area contributed by atoms with E-state index in [9.17, 15) is 9.59 Å². The lowest BCUT2D eigenvalue weighted by Gasteiger charge is -2.08. The maximum absolute atomic E-state index is 11.8. The van der Waals surface area contributed by atoms with Gasteiger partial charge in [-0.2, -0.15) is 0 Å². The third-order valence-corrected chi connectivity index (χ3v) is 2.73. The summed E-state index contributed by atoms with van der Waals surface area (Å²) in [5.41, 5.74) is 7.24. The number of para-hydroxylation sites is 1. The highest BCUT2D eigenvalue weighted by atomic mass is 16.2. The Morgan fingerprint density at radius 3 is 2.30 bits per heavy atom. The van der Waals surface area contributed by atoms with Crippen molar-refractivity contribution < 1.29 is 9.59 Å². The number of nitrogens with one attached hydrogen (secondary N) is 2. The van der Waals surface area contributed by atoms with Crippen LogP contribution < -0.4 is 16.4 Å². The molecule has 0 aliphatic heterocycles. The molecule has 0 aliphatic rings. The summed E-state index contributed by atoms with van der Waals surface area (Å²) in [6.45, 7) is 0.351. The second kappa shape index (κ2) is 6.38. The third kappa shape index (κ3) is 3.58. The molecule has 5 heteroatoms. The van der Waals surface area contributed by atoms with Crippen LogP contribution in [-0.2, 0) is 6.54 Å². The summed E-state index contributed by atoms with van der Waals surface area (Å²) in [5, 5.41) is 4.85. The van der Waals surface area contributed by atoms with Crippen molar-refractivity contribution >= 4 is 17.6 Å². The van der Waals surface area contributed by atoms with Crippen molar-refractivity contribution in [2.24, 2.45) is 0 Å². The summed E-state index contributed by atoms with van der Waals surface area (Å²) in [6.07, 6.45) is 0. The Morgan fingerprint density at radius 2 is 1.60 bits per heavy atom. The molecule has 102 valence electrons. The van der Waals surface area contributed by atoms with Gasteiger partial charge in [-0.05, 0) is 17.7 Å². The molecule has 20 heavy (non-hydrogen) atoms. The molecule has 0 saturated carbocycles. The Bertz CT molecular complexity index is 612. The molecular weight excluding hydrogens is 254 g/mol. The fraction of sp³-hybridized carbons (Fsp3) is 0.0667. The number of hydrogen-bond donors (Lipinski definition) is 3. The molecule has 2 rings (SSSR count). The van der Waals surface area contributed by atoms with Crippen LogP contribution in [0.3, 0.4) is 0 Å². The monoisotopic (exact) mass is 269 g/mol. The van der Waals surface area contributed by atoms with Crippen LogP contribution >= 0.6 is 0 Å². The Hall–Kier alpha value is -2.82. The first-order chi connectivity index (χ1) is 9.66. The van der Waals surface area contributed by atoms with Crippen LogP contribution in [0.25, 0.3) is 0 Å². The lowest BCUT2D eigenvalue weighted by molar-refractivity contribution is 0.0965. The van der Waals surface area contributed by atoms with Gasteiger partial charge >= 0.3 is 6.03 Å². The van der Waals surface area contributed by atoms with E-state index in [-0.39, 0.29) is 5.56 Å². The van der Waals surface area contributed by atoms with Crippen molar-refractivity contribution in [2.45, 2.75) is 6.54 Å². The average Bonchev–Trinajstić information content (AvgIpc) is 2.46. The number of amides is 3. The van der Waals surface area contributed by atoms with Crippen molar-refractivity contribution in [3.8, 4) is 0 Å². The molecule has 0 aliphatic carbocycles. The Morgan fingerprint density at radius 1 is 0.950 bits per heavy atom. The van der Waals surface area contributed by atoms with Crippen LogP contribution in [0.2, 0.25) is 0 Å². The van der Waals surface area contributed by atoms with Gasteiger partial charge in [0.25, 0.3) is 5.91 Å². The summed E-state index contributed by atoms with van der Waals surface area (Å²) in [4.78, 5) is 23.5. The summed E-state index contributed by atoms with van der Waals surface area (Å²) < 4.78 is 0. The van der Waals surface area contributed by atoms with Crippen LogP contribution in [0.5, 0.6) is 0 Å². The summed E-state index contributed by atoms with van der Waals surface area (Å²) in [6, 6.07) is 15.5. The highest BCUT2D eigenvalue weighted by Gasteiger charge is 2.12. The van der Waals surface area contributed by atoms with Gasteiger partial charge in [0.05, 0.1) is 5.56 Å². The fourth-order valence-electron chi connectivity index (χ4n) is 1.70. The van der Waals surface area contributed by atoms with Crippen LogP contribution in [0.1, 0.15) is 15.9 Å². The molecule has 3 amide bonds. The smallest absolute Gasteiger partial charge is 0.321 e. The highest BCUT2D eigenvalue weighted by molar-refractivity contribution is 6.07. The van der Waals surface area contributed by atoms with Gasteiger partial charge in [-0.1, -0.05) is 42.5 Å². The molecule has 2 aromatic rings. The summed E-state index contributed by atoms with van der Waals surface area (Å²) in [7, 11) is 0. The van der Waals surface area contributed by atoms with E-state index < -0.39 is 11.9 Å². The number of urea groups is 1. The van der Waals surface area contributed by atoms with Gasteiger partial charge in [0, 0.05) is 12.2 Å². The number of nitrogens with two attached hydrogens (primary N) is 1. The third-order valence-electron chi connectivity index (χ3n) is 2.73. The molecule has 4 N–H and O–H groups in total. The lowest BCUT2D eigenvalue weighted by Crippen LogP contribution is -2.39. The Labute approximate surface area is 116 Å². The number of imide groups is 1.